The molecule has 1 aliphatic rings. The lowest BCUT2D eigenvalue weighted by molar-refractivity contribution is 0.270. The minimum Gasteiger partial charge on any atom is -0.339 e. The Labute approximate surface area is 113 Å². The van der Waals surface area contributed by atoms with Crippen molar-refractivity contribution in [1.29, 1.82) is 0 Å². The Hall–Kier alpha value is -1.68. The normalized spacial score (nSPS) is 18.8. The van der Waals surface area contributed by atoms with Crippen molar-refractivity contribution in [3.63, 3.8) is 0 Å². The third kappa shape index (κ3) is 2.16. The maximum atomic E-state index is 5.77. The first-order valence-corrected chi connectivity index (χ1v) is 6.85. The Morgan fingerprint density at radius 3 is 2.63 bits per heavy atom. The number of nitrogens with zero attached hydrogens (tertiary/aromatic N) is 2. The molecule has 1 atom stereocenters. The van der Waals surface area contributed by atoms with Crippen LogP contribution in [0.15, 0.2) is 34.9 Å². The van der Waals surface area contributed by atoms with Crippen molar-refractivity contribution in [3.8, 4) is 0 Å². The molecule has 1 aromatic heterocycles. The van der Waals surface area contributed by atoms with Crippen LogP contribution < -0.4 is 5.73 Å². The topological polar surface area (TPSA) is 64.9 Å². The molecule has 3 rings (SSSR count). The van der Waals surface area contributed by atoms with Gasteiger partial charge in [-0.1, -0.05) is 41.9 Å². The molecule has 0 saturated heterocycles. The van der Waals surface area contributed by atoms with E-state index in [2.05, 4.69) is 34.4 Å². The van der Waals surface area contributed by atoms with Gasteiger partial charge in [0.1, 0.15) is 0 Å². The first kappa shape index (κ1) is 12.4. The van der Waals surface area contributed by atoms with Crippen molar-refractivity contribution < 1.29 is 4.52 Å². The quantitative estimate of drug-likeness (QED) is 0.913. The van der Waals surface area contributed by atoms with E-state index in [0.29, 0.717) is 12.3 Å². The number of rotatable bonds is 4. The van der Waals surface area contributed by atoms with E-state index in [1.807, 2.05) is 13.0 Å². The molecule has 1 unspecified atom stereocenters. The minimum absolute atomic E-state index is 0.0408. The van der Waals surface area contributed by atoms with Gasteiger partial charge in [-0.25, -0.2) is 0 Å². The van der Waals surface area contributed by atoms with Crippen molar-refractivity contribution in [1.82, 2.24) is 10.1 Å². The maximum Gasteiger partial charge on any atom is 0.228 e. The molecule has 0 radical (unpaired) electrons. The third-order valence-electron chi connectivity index (χ3n) is 3.93. The van der Waals surface area contributed by atoms with Gasteiger partial charge in [0.15, 0.2) is 5.82 Å². The molecule has 4 heteroatoms. The van der Waals surface area contributed by atoms with Crippen molar-refractivity contribution in [2.75, 3.05) is 0 Å². The van der Waals surface area contributed by atoms with Gasteiger partial charge < -0.3 is 10.3 Å². The second-order valence-electron chi connectivity index (χ2n) is 5.49. The number of nitrogens with two attached hydrogens (primary N) is 1. The summed E-state index contributed by atoms with van der Waals surface area (Å²) in [5.74, 6) is 1.47. The Bertz CT molecular complexity index is 544. The van der Waals surface area contributed by atoms with Gasteiger partial charge in [0.2, 0.25) is 5.89 Å². The van der Waals surface area contributed by atoms with E-state index in [1.54, 1.807) is 0 Å². The zero-order valence-corrected chi connectivity index (χ0v) is 11.2. The predicted octanol–water partition coefficient (Wildman–Crippen LogP) is 2.43. The molecule has 2 N–H and O–H groups in total. The first-order chi connectivity index (χ1) is 9.21. The molecule has 0 amide bonds. The minimum atomic E-state index is -0.0408. The molecule has 4 nitrogen and oxygen atoms in total. The van der Waals surface area contributed by atoms with Crippen LogP contribution in [0.1, 0.15) is 43.5 Å². The van der Waals surface area contributed by atoms with E-state index in [0.717, 1.165) is 18.7 Å². The summed E-state index contributed by atoms with van der Waals surface area (Å²) < 4.78 is 5.34. The molecule has 0 bridgehead atoms. The summed E-state index contributed by atoms with van der Waals surface area (Å²) in [4.78, 5) is 4.56. The lowest BCUT2D eigenvalue weighted by Crippen LogP contribution is -2.36. The highest BCUT2D eigenvalue weighted by atomic mass is 16.5. The summed E-state index contributed by atoms with van der Waals surface area (Å²) in [6.45, 7) is 1.94. The number of hydrogen-bond acceptors (Lipinski definition) is 4. The molecule has 1 saturated carbocycles. The van der Waals surface area contributed by atoms with Crippen LogP contribution in [0.4, 0.5) is 0 Å². The standard InChI is InChI=1S/C15H19N3O/c1-11(16)10-13-17-14(18-19-13)15(8-5-9-15)12-6-3-2-4-7-12/h2-4,6-7,11H,5,8-10,16H2,1H3. The highest BCUT2D eigenvalue weighted by Crippen LogP contribution is 2.47. The first-order valence-electron chi connectivity index (χ1n) is 6.85. The van der Waals surface area contributed by atoms with E-state index in [-0.39, 0.29) is 11.5 Å². The fourth-order valence-electron chi connectivity index (χ4n) is 2.74. The highest BCUT2D eigenvalue weighted by molar-refractivity contribution is 5.35. The molecule has 0 spiro atoms. The second-order valence-corrected chi connectivity index (χ2v) is 5.49. The van der Waals surface area contributed by atoms with Crippen molar-refractivity contribution in [2.24, 2.45) is 5.73 Å². The molecule has 19 heavy (non-hydrogen) atoms. The van der Waals surface area contributed by atoms with Crippen LogP contribution >= 0.6 is 0 Å². The van der Waals surface area contributed by atoms with Crippen LogP contribution in [-0.4, -0.2) is 16.2 Å². The molecule has 1 aromatic carbocycles. The Morgan fingerprint density at radius 1 is 1.32 bits per heavy atom. The van der Waals surface area contributed by atoms with Crippen LogP contribution in [0, 0.1) is 0 Å². The van der Waals surface area contributed by atoms with Crippen LogP contribution in [0.5, 0.6) is 0 Å². The largest absolute Gasteiger partial charge is 0.339 e. The number of hydrogen-bond donors (Lipinski definition) is 1. The fourth-order valence-corrected chi connectivity index (χ4v) is 2.74. The van der Waals surface area contributed by atoms with Crippen LogP contribution in [0.3, 0.4) is 0 Å². The molecule has 100 valence electrons. The Morgan fingerprint density at radius 2 is 2.05 bits per heavy atom. The molecule has 1 heterocycles. The van der Waals surface area contributed by atoms with Gasteiger partial charge in [0.25, 0.3) is 0 Å². The molecule has 1 aliphatic carbocycles. The summed E-state index contributed by atoms with van der Waals surface area (Å²) in [6, 6.07) is 10.5. The van der Waals surface area contributed by atoms with Crippen LogP contribution in [-0.2, 0) is 11.8 Å². The van der Waals surface area contributed by atoms with Crippen molar-refractivity contribution in [3.05, 3.63) is 47.6 Å². The average molecular weight is 257 g/mol. The lowest BCUT2D eigenvalue weighted by Gasteiger charge is -2.39. The molecule has 2 aromatic rings. The van der Waals surface area contributed by atoms with E-state index in [4.69, 9.17) is 10.3 Å². The molecular formula is C15H19N3O. The van der Waals surface area contributed by atoms with Crippen LogP contribution in [0.2, 0.25) is 0 Å². The van der Waals surface area contributed by atoms with Gasteiger partial charge in [0.05, 0.1) is 5.41 Å². The van der Waals surface area contributed by atoms with Gasteiger partial charge in [0, 0.05) is 12.5 Å². The van der Waals surface area contributed by atoms with Gasteiger partial charge in [-0.3, -0.25) is 0 Å². The monoisotopic (exact) mass is 257 g/mol. The van der Waals surface area contributed by atoms with Gasteiger partial charge >= 0.3 is 0 Å². The summed E-state index contributed by atoms with van der Waals surface area (Å²) >= 11 is 0. The van der Waals surface area contributed by atoms with E-state index in [1.165, 1.54) is 12.0 Å². The number of benzene rings is 1. The third-order valence-corrected chi connectivity index (χ3v) is 3.93. The SMILES string of the molecule is CC(N)Cc1nc(C2(c3ccccc3)CCC2)no1. The summed E-state index contributed by atoms with van der Waals surface area (Å²) in [5.41, 5.74) is 7.02. The van der Waals surface area contributed by atoms with Crippen LogP contribution in [0.25, 0.3) is 0 Å². The Balaban J connectivity index is 1.92. The zero-order valence-electron chi connectivity index (χ0n) is 11.2. The summed E-state index contributed by atoms with van der Waals surface area (Å²) in [6.07, 6.45) is 4.03. The van der Waals surface area contributed by atoms with E-state index in [9.17, 15) is 0 Å². The van der Waals surface area contributed by atoms with Gasteiger partial charge in [-0.15, -0.1) is 0 Å². The average Bonchev–Trinajstić information content (AvgIpc) is 2.77. The molecule has 0 aliphatic heterocycles. The smallest absolute Gasteiger partial charge is 0.228 e. The van der Waals surface area contributed by atoms with E-state index < -0.39 is 0 Å². The molecular weight excluding hydrogens is 238 g/mol. The Kier molecular flexibility index (Phi) is 3.11. The number of aromatic nitrogens is 2. The second kappa shape index (κ2) is 4.78. The van der Waals surface area contributed by atoms with Crippen molar-refractivity contribution >= 4 is 0 Å². The molecule has 1 fully saturated rings. The summed E-state index contributed by atoms with van der Waals surface area (Å²) in [5, 5.41) is 4.20. The van der Waals surface area contributed by atoms with Crippen molar-refractivity contribution in [2.45, 2.75) is 44.1 Å². The maximum absolute atomic E-state index is 5.77. The van der Waals surface area contributed by atoms with E-state index >= 15 is 0 Å². The predicted molar refractivity (Wildman–Crippen MR) is 72.7 cm³/mol. The zero-order chi connectivity index (χ0) is 13.3. The van der Waals surface area contributed by atoms with Gasteiger partial charge in [-0.05, 0) is 25.3 Å². The lowest BCUT2D eigenvalue weighted by atomic mass is 9.64. The summed E-state index contributed by atoms with van der Waals surface area (Å²) in [7, 11) is 0. The fraction of sp³-hybridized carbons (Fsp3) is 0.467. The van der Waals surface area contributed by atoms with Gasteiger partial charge in [-0.2, -0.15) is 4.98 Å². The highest BCUT2D eigenvalue weighted by Gasteiger charge is 2.44.